The highest BCUT2D eigenvalue weighted by Crippen LogP contribution is 2.02. The van der Waals surface area contributed by atoms with E-state index in [4.69, 9.17) is 5.73 Å². The number of nitrogens with zero attached hydrogens (tertiary/aromatic N) is 3. The van der Waals surface area contributed by atoms with E-state index in [9.17, 15) is 0 Å². The Morgan fingerprint density at radius 2 is 1.92 bits per heavy atom. The molecule has 0 fully saturated rings. The summed E-state index contributed by atoms with van der Waals surface area (Å²) < 4.78 is 0. The van der Waals surface area contributed by atoms with Crippen molar-refractivity contribution >= 4 is 36.6 Å². The molecular weight excluding hydrogens is 199 g/mol. The van der Waals surface area contributed by atoms with Crippen LogP contribution in [0.4, 0.5) is 11.8 Å². The van der Waals surface area contributed by atoms with Crippen molar-refractivity contribution in [2.75, 3.05) is 24.7 Å². The van der Waals surface area contributed by atoms with Crippen molar-refractivity contribution in [2.24, 2.45) is 0 Å². The van der Waals surface area contributed by atoms with Crippen molar-refractivity contribution in [2.45, 2.75) is 0 Å². The van der Waals surface area contributed by atoms with Gasteiger partial charge < -0.3 is 10.6 Å². The fraction of sp³-hybridized carbons (Fsp3) is 0.333. The van der Waals surface area contributed by atoms with E-state index in [1.165, 1.54) is 0 Å². The van der Waals surface area contributed by atoms with Gasteiger partial charge in [-0.3, -0.25) is 0 Å². The lowest BCUT2D eigenvalue weighted by Crippen LogP contribution is -2.12. The molecule has 12 heavy (non-hydrogen) atoms. The second-order valence-corrected chi connectivity index (χ2v) is 2.18. The van der Waals surface area contributed by atoms with E-state index in [0.717, 1.165) is 0 Å². The fourth-order valence-electron chi connectivity index (χ4n) is 0.577. The molecule has 70 valence electrons. The smallest absolute Gasteiger partial charge is 0.226 e. The van der Waals surface area contributed by atoms with Crippen LogP contribution in [0.5, 0.6) is 0 Å². The van der Waals surface area contributed by atoms with Crippen molar-refractivity contribution in [3.8, 4) is 0 Å². The lowest BCUT2D eigenvalue weighted by atomic mass is 10.6. The molecule has 0 radical (unpaired) electrons. The fourth-order valence-corrected chi connectivity index (χ4v) is 0.577. The second-order valence-electron chi connectivity index (χ2n) is 2.18. The summed E-state index contributed by atoms with van der Waals surface area (Å²) in [6.45, 7) is 0. The molecule has 0 saturated heterocycles. The van der Waals surface area contributed by atoms with Crippen LogP contribution in [0.2, 0.25) is 0 Å². The van der Waals surface area contributed by atoms with Crippen LogP contribution in [-0.2, 0) is 0 Å². The molecular formula is C6H12Cl2N4. The Kier molecular flexibility index (Phi) is 6.74. The average molecular weight is 211 g/mol. The van der Waals surface area contributed by atoms with Crippen LogP contribution in [0.1, 0.15) is 0 Å². The third kappa shape index (κ3) is 3.59. The number of halogens is 2. The molecule has 0 bridgehead atoms. The highest BCUT2D eigenvalue weighted by Gasteiger charge is 1.95. The van der Waals surface area contributed by atoms with Gasteiger partial charge in [0, 0.05) is 20.3 Å². The number of aromatic nitrogens is 2. The molecule has 0 aromatic carbocycles. The highest BCUT2D eigenvalue weighted by molar-refractivity contribution is 5.85. The van der Waals surface area contributed by atoms with Gasteiger partial charge in [-0.2, -0.15) is 4.98 Å². The number of nitrogens with two attached hydrogens (primary N) is 1. The Balaban J connectivity index is 0. The number of hydrogen-bond donors (Lipinski definition) is 1. The van der Waals surface area contributed by atoms with Crippen LogP contribution in [0.25, 0.3) is 0 Å². The maximum Gasteiger partial charge on any atom is 0.226 e. The van der Waals surface area contributed by atoms with Crippen LogP contribution in [0, 0.1) is 0 Å². The van der Waals surface area contributed by atoms with Gasteiger partial charge in [0.25, 0.3) is 0 Å². The maximum absolute atomic E-state index is 5.42. The third-order valence-corrected chi connectivity index (χ3v) is 1.06. The Morgan fingerprint density at radius 1 is 1.33 bits per heavy atom. The largest absolute Gasteiger partial charge is 0.384 e. The van der Waals surface area contributed by atoms with Gasteiger partial charge in [0.05, 0.1) is 0 Å². The van der Waals surface area contributed by atoms with Crippen molar-refractivity contribution in [3.05, 3.63) is 12.3 Å². The third-order valence-electron chi connectivity index (χ3n) is 1.06. The van der Waals surface area contributed by atoms with E-state index in [1.54, 1.807) is 17.2 Å². The Labute approximate surface area is 84.0 Å². The maximum atomic E-state index is 5.42. The Morgan fingerprint density at radius 3 is 2.25 bits per heavy atom. The normalized spacial score (nSPS) is 7.83. The van der Waals surface area contributed by atoms with Gasteiger partial charge in [0.2, 0.25) is 5.95 Å². The predicted octanol–water partition coefficient (Wildman–Crippen LogP) is 0.968. The van der Waals surface area contributed by atoms with Gasteiger partial charge in [-0.25, -0.2) is 4.98 Å². The monoisotopic (exact) mass is 210 g/mol. The van der Waals surface area contributed by atoms with Gasteiger partial charge >= 0.3 is 0 Å². The van der Waals surface area contributed by atoms with Gasteiger partial charge in [-0.05, 0) is 6.07 Å². The molecule has 0 atom stereocenters. The minimum atomic E-state index is 0. The SMILES string of the molecule is CN(C)c1nccc(N)n1.Cl.Cl. The molecule has 0 unspecified atom stereocenters. The molecule has 1 aromatic heterocycles. The molecule has 4 nitrogen and oxygen atoms in total. The molecule has 1 rings (SSSR count). The first kappa shape index (κ1) is 13.8. The minimum absolute atomic E-state index is 0. The second kappa shape index (κ2) is 5.85. The summed E-state index contributed by atoms with van der Waals surface area (Å²) in [6, 6.07) is 1.66. The average Bonchev–Trinajstić information content (AvgIpc) is 1.88. The molecule has 0 spiro atoms. The quantitative estimate of drug-likeness (QED) is 0.751. The van der Waals surface area contributed by atoms with Crippen LogP contribution < -0.4 is 10.6 Å². The molecule has 0 aliphatic rings. The molecule has 0 saturated carbocycles. The zero-order valence-electron chi connectivity index (χ0n) is 6.89. The zero-order valence-corrected chi connectivity index (χ0v) is 8.52. The van der Waals surface area contributed by atoms with E-state index < -0.39 is 0 Å². The number of rotatable bonds is 1. The first-order chi connectivity index (χ1) is 4.70. The summed E-state index contributed by atoms with van der Waals surface area (Å²) in [5, 5.41) is 0. The van der Waals surface area contributed by atoms with E-state index >= 15 is 0 Å². The Bertz CT molecular complexity index is 229. The van der Waals surface area contributed by atoms with Gasteiger partial charge in [0.1, 0.15) is 5.82 Å². The number of nitrogen functional groups attached to an aromatic ring is 1. The summed E-state index contributed by atoms with van der Waals surface area (Å²) >= 11 is 0. The first-order valence-electron chi connectivity index (χ1n) is 2.96. The first-order valence-corrected chi connectivity index (χ1v) is 2.96. The van der Waals surface area contributed by atoms with Crippen LogP contribution in [-0.4, -0.2) is 24.1 Å². The summed E-state index contributed by atoms with van der Waals surface area (Å²) in [7, 11) is 3.74. The lowest BCUT2D eigenvalue weighted by Gasteiger charge is -2.08. The van der Waals surface area contributed by atoms with Crippen molar-refractivity contribution in [3.63, 3.8) is 0 Å². The van der Waals surface area contributed by atoms with Crippen LogP contribution >= 0.6 is 24.8 Å². The molecule has 0 aliphatic carbocycles. The molecule has 2 N–H and O–H groups in total. The summed E-state index contributed by atoms with van der Waals surface area (Å²) in [6.07, 6.45) is 1.64. The Hall–Kier alpha value is -0.740. The highest BCUT2D eigenvalue weighted by atomic mass is 35.5. The van der Waals surface area contributed by atoms with Gasteiger partial charge in [0.15, 0.2) is 0 Å². The predicted molar refractivity (Wildman–Crippen MR) is 55.3 cm³/mol. The van der Waals surface area contributed by atoms with Gasteiger partial charge in [-0.1, -0.05) is 0 Å². The van der Waals surface area contributed by atoms with Crippen molar-refractivity contribution in [1.82, 2.24) is 9.97 Å². The molecule has 0 aliphatic heterocycles. The molecule has 1 heterocycles. The van der Waals surface area contributed by atoms with Crippen molar-refractivity contribution < 1.29 is 0 Å². The van der Waals surface area contributed by atoms with E-state index in [2.05, 4.69) is 9.97 Å². The zero-order chi connectivity index (χ0) is 7.56. The standard InChI is InChI=1S/C6H10N4.2ClH/c1-10(2)6-8-4-3-5(7)9-6;;/h3-4H,1-2H3,(H2,7,8,9);2*1H. The summed E-state index contributed by atoms with van der Waals surface area (Å²) in [4.78, 5) is 9.74. The number of anilines is 2. The van der Waals surface area contributed by atoms with Gasteiger partial charge in [-0.15, -0.1) is 24.8 Å². The van der Waals surface area contributed by atoms with Crippen LogP contribution in [0.3, 0.4) is 0 Å². The lowest BCUT2D eigenvalue weighted by molar-refractivity contribution is 1.00. The van der Waals surface area contributed by atoms with E-state index in [0.29, 0.717) is 11.8 Å². The summed E-state index contributed by atoms with van der Waals surface area (Å²) in [5.74, 6) is 1.14. The molecule has 1 aromatic rings. The topological polar surface area (TPSA) is 55.0 Å². The summed E-state index contributed by atoms with van der Waals surface area (Å²) in [5.41, 5.74) is 5.42. The van der Waals surface area contributed by atoms with Crippen LogP contribution in [0.15, 0.2) is 12.3 Å². The number of hydrogen-bond acceptors (Lipinski definition) is 4. The van der Waals surface area contributed by atoms with E-state index in [-0.39, 0.29) is 24.8 Å². The molecule has 0 amide bonds. The van der Waals surface area contributed by atoms with E-state index in [1.807, 2.05) is 14.1 Å². The molecule has 6 heteroatoms. The van der Waals surface area contributed by atoms with Crippen molar-refractivity contribution in [1.29, 1.82) is 0 Å². The minimum Gasteiger partial charge on any atom is -0.384 e.